The van der Waals surface area contributed by atoms with Gasteiger partial charge < -0.3 is 5.11 Å². The summed E-state index contributed by atoms with van der Waals surface area (Å²) >= 11 is 0. The molecule has 2 bridgehead atoms. The Bertz CT molecular complexity index is 208. The fourth-order valence-electron chi connectivity index (χ4n) is 2.22. The Kier molecular flexibility index (Phi) is 1.48. The quantitative estimate of drug-likeness (QED) is 0.580. The smallest absolute Gasteiger partial charge is 0.307 e. The van der Waals surface area contributed by atoms with E-state index in [0.29, 0.717) is 11.8 Å². The van der Waals surface area contributed by atoms with E-state index >= 15 is 0 Å². The van der Waals surface area contributed by atoms with E-state index in [-0.39, 0.29) is 5.92 Å². The zero-order chi connectivity index (χ0) is 7.84. The molecule has 11 heavy (non-hydrogen) atoms. The Balaban J connectivity index is 2.17. The summed E-state index contributed by atoms with van der Waals surface area (Å²) in [5, 5.41) is 8.83. The van der Waals surface area contributed by atoms with Crippen LogP contribution in [0.2, 0.25) is 0 Å². The molecule has 0 aromatic rings. The average Bonchev–Trinajstić information content (AvgIpc) is 2.06. The second-order valence-corrected chi connectivity index (χ2v) is 3.57. The predicted octanol–water partition coefficient (Wildman–Crippen LogP) is 1.67. The Morgan fingerprint density at radius 2 is 2.18 bits per heavy atom. The van der Waals surface area contributed by atoms with Crippen LogP contribution in [0.4, 0.5) is 0 Å². The van der Waals surface area contributed by atoms with E-state index in [0.717, 1.165) is 12.8 Å². The lowest BCUT2D eigenvalue weighted by molar-refractivity contribution is -0.144. The molecular weight excluding hydrogens is 140 g/mol. The SMILES string of the molecule is O=C(O)C1CC2C=CC1CC2. The van der Waals surface area contributed by atoms with Crippen molar-refractivity contribution in [2.45, 2.75) is 19.3 Å². The van der Waals surface area contributed by atoms with Gasteiger partial charge in [-0.3, -0.25) is 4.79 Å². The first kappa shape index (κ1) is 6.89. The van der Waals surface area contributed by atoms with Crippen LogP contribution in [-0.4, -0.2) is 11.1 Å². The summed E-state index contributed by atoms with van der Waals surface area (Å²) in [6.45, 7) is 0. The summed E-state index contributed by atoms with van der Waals surface area (Å²) in [4.78, 5) is 10.7. The number of carboxylic acids is 1. The van der Waals surface area contributed by atoms with Crippen molar-refractivity contribution in [2.24, 2.45) is 17.8 Å². The first-order chi connectivity index (χ1) is 5.27. The minimum atomic E-state index is -0.607. The number of allylic oxidation sites excluding steroid dienone is 2. The molecule has 0 aromatic heterocycles. The number of fused-ring (bicyclic) bond motifs is 2. The zero-order valence-electron chi connectivity index (χ0n) is 6.36. The molecule has 0 aliphatic heterocycles. The van der Waals surface area contributed by atoms with Gasteiger partial charge in [0.1, 0.15) is 0 Å². The van der Waals surface area contributed by atoms with Gasteiger partial charge in [-0.05, 0) is 31.1 Å². The normalized spacial score (nSPS) is 40.9. The van der Waals surface area contributed by atoms with Crippen molar-refractivity contribution in [1.82, 2.24) is 0 Å². The number of hydrogen-bond donors (Lipinski definition) is 1. The van der Waals surface area contributed by atoms with E-state index in [9.17, 15) is 4.79 Å². The Morgan fingerprint density at radius 1 is 1.36 bits per heavy atom. The highest BCUT2D eigenvalue weighted by Crippen LogP contribution is 2.40. The van der Waals surface area contributed by atoms with Crippen molar-refractivity contribution in [3.8, 4) is 0 Å². The molecule has 1 fully saturated rings. The maximum Gasteiger partial charge on any atom is 0.307 e. The maximum absolute atomic E-state index is 10.7. The van der Waals surface area contributed by atoms with Crippen LogP contribution >= 0.6 is 0 Å². The average molecular weight is 152 g/mol. The van der Waals surface area contributed by atoms with Crippen molar-refractivity contribution in [1.29, 1.82) is 0 Å². The summed E-state index contributed by atoms with van der Waals surface area (Å²) in [5.74, 6) is 0.196. The molecule has 0 amide bonds. The van der Waals surface area contributed by atoms with Gasteiger partial charge in [-0.2, -0.15) is 0 Å². The van der Waals surface area contributed by atoms with Crippen LogP contribution in [0, 0.1) is 17.8 Å². The summed E-state index contributed by atoms with van der Waals surface area (Å²) < 4.78 is 0. The van der Waals surface area contributed by atoms with E-state index in [1.54, 1.807) is 0 Å². The lowest BCUT2D eigenvalue weighted by Crippen LogP contribution is -2.32. The van der Waals surface area contributed by atoms with Crippen LogP contribution in [0.1, 0.15) is 19.3 Å². The van der Waals surface area contributed by atoms with Gasteiger partial charge in [0.25, 0.3) is 0 Å². The van der Waals surface area contributed by atoms with Gasteiger partial charge in [0.15, 0.2) is 0 Å². The number of aliphatic carboxylic acids is 1. The second kappa shape index (κ2) is 2.36. The van der Waals surface area contributed by atoms with Gasteiger partial charge in [0, 0.05) is 0 Å². The predicted molar refractivity (Wildman–Crippen MR) is 41.1 cm³/mol. The van der Waals surface area contributed by atoms with Crippen molar-refractivity contribution in [2.75, 3.05) is 0 Å². The third-order valence-corrected chi connectivity index (χ3v) is 2.89. The van der Waals surface area contributed by atoms with Gasteiger partial charge in [-0.15, -0.1) is 0 Å². The molecule has 2 heteroatoms. The summed E-state index contributed by atoms with van der Waals surface area (Å²) in [5.41, 5.74) is 0. The molecule has 0 heterocycles. The fourth-order valence-corrected chi connectivity index (χ4v) is 2.22. The van der Waals surface area contributed by atoms with Crippen molar-refractivity contribution in [3.05, 3.63) is 12.2 Å². The molecule has 3 unspecified atom stereocenters. The molecule has 0 saturated heterocycles. The van der Waals surface area contributed by atoms with Crippen LogP contribution in [0.5, 0.6) is 0 Å². The van der Waals surface area contributed by atoms with Crippen LogP contribution < -0.4 is 0 Å². The lowest BCUT2D eigenvalue weighted by atomic mass is 9.69. The summed E-state index contributed by atoms with van der Waals surface area (Å²) in [6, 6.07) is 0. The molecule has 0 spiro atoms. The monoisotopic (exact) mass is 152 g/mol. The molecule has 1 saturated carbocycles. The standard InChI is InChI=1S/C9H12O2/c10-9(11)8-5-6-1-3-7(8)4-2-6/h1,3,6-8H,2,4-5H2,(H,10,11). The number of carbonyl (C=O) groups is 1. The molecular formula is C9H12O2. The number of rotatable bonds is 1. The highest BCUT2D eigenvalue weighted by molar-refractivity contribution is 5.71. The molecule has 3 aliphatic rings. The van der Waals surface area contributed by atoms with Crippen LogP contribution in [-0.2, 0) is 4.79 Å². The van der Waals surface area contributed by atoms with Crippen molar-refractivity contribution >= 4 is 5.97 Å². The number of hydrogen-bond acceptors (Lipinski definition) is 1. The molecule has 3 rings (SSSR count). The Labute approximate surface area is 65.9 Å². The minimum absolute atomic E-state index is 0.0845. The lowest BCUT2D eigenvalue weighted by Gasteiger charge is -2.35. The highest BCUT2D eigenvalue weighted by Gasteiger charge is 2.35. The highest BCUT2D eigenvalue weighted by atomic mass is 16.4. The van der Waals surface area contributed by atoms with E-state index in [1.807, 2.05) is 0 Å². The maximum atomic E-state index is 10.7. The van der Waals surface area contributed by atoms with Crippen LogP contribution in [0.25, 0.3) is 0 Å². The van der Waals surface area contributed by atoms with Gasteiger partial charge in [0.2, 0.25) is 0 Å². The molecule has 2 nitrogen and oxygen atoms in total. The van der Waals surface area contributed by atoms with Gasteiger partial charge in [-0.1, -0.05) is 12.2 Å². The first-order valence-corrected chi connectivity index (χ1v) is 4.18. The fraction of sp³-hybridized carbons (Fsp3) is 0.667. The molecule has 3 atom stereocenters. The zero-order valence-corrected chi connectivity index (χ0v) is 6.36. The van der Waals surface area contributed by atoms with Crippen molar-refractivity contribution in [3.63, 3.8) is 0 Å². The van der Waals surface area contributed by atoms with E-state index in [1.165, 1.54) is 6.42 Å². The van der Waals surface area contributed by atoms with Gasteiger partial charge in [-0.25, -0.2) is 0 Å². The minimum Gasteiger partial charge on any atom is -0.481 e. The summed E-state index contributed by atoms with van der Waals surface area (Å²) in [6.07, 6.45) is 7.43. The number of carboxylic acid groups (broad SMARTS) is 1. The van der Waals surface area contributed by atoms with Gasteiger partial charge in [0.05, 0.1) is 5.92 Å². The Hall–Kier alpha value is -0.790. The molecule has 60 valence electrons. The summed E-state index contributed by atoms with van der Waals surface area (Å²) in [7, 11) is 0. The van der Waals surface area contributed by atoms with Crippen molar-refractivity contribution < 1.29 is 9.90 Å². The third-order valence-electron chi connectivity index (χ3n) is 2.89. The molecule has 3 aliphatic carbocycles. The topological polar surface area (TPSA) is 37.3 Å². The van der Waals surface area contributed by atoms with Crippen LogP contribution in [0.15, 0.2) is 12.2 Å². The van der Waals surface area contributed by atoms with Gasteiger partial charge >= 0.3 is 5.97 Å². The van der Waals surface area contributed by atoms with Crippen LogP contribution in [0.3, 0.4) is 0 Å². The first-order valence-electron chi connectivity index (χ1n) is 4.18. The van der Waals surface area contributed by atoms with E-state index < -0.39 is 5.97 Å². The molecule has 0 radical (unpaired) electrons. The largest absolute Gasteiger partial charge is 0.481 e. The third kappa shape index (κ3) is 1.06. The molecule has 1 N–H and O–H groups in total. The second-order valence-electron chi connectivity index (χ2n) is 3.57. The van der Waals surface area contributed by atoms with E-state index in [4.69, 9.17) is 5.11 Å². The van der Waals surface area contributed by atoms with E-state index in [2.05, 4.69) is 12.2 Å². The Morgan fingerprint density at radius 3 is 2.45 bits per heavy atom. The molecule has 0 aromatic carbocycles.